The Labute approximate surface area is 119 Å². The number of nitrogens with zero attached hydrogens (tertiary/aromatic N) is 1. The molecule has 0 bridgehead atoms. The number of terminal acetylenes is 1. The molecule has 1 amide bonds. The molecule has 0 saturated heterocycles. The molecule has 1 aromatic rings. The molecule has 19 heavy (non-hydrogen) atoms. The molecule has 2 heterocycles. The molecule has 2 rings (SSSR count). The van der Waals surface area contributed by atoms with Crippen molar-refractivity contribution in [2.45, 2.75) is 38.8 Å². The average molecular weight is 276 g/mol. The van der Waals surface area contributed by atoms with Crippen LogP contribution in [0.1, 0.15) is 30.2 Å². The van der Waals surface area contributed by atoms with Crippen molar-refractivity contribution in [1.82, 2.24) is 10.2 Å². The van der Waals surface area contributed by atoms with Gasteiger partial charge >= 0.3 is 0 Å². The van der Waals surface area contributed by atoms with Crippen LogP contribution in [-0.4, -0.2) is 29.9 Å². The van der Waals surface area contributed by atoms with Gasteiger partial charge in [0.1, 0.15) is 0 Å². The van der Waals surface area contributed by atoms with E-state index < -0.39 is 0 Å². The van der Waals surface area contributed by atoms with Gasteiger partial charge in [-0.15, -0.1) is 17.8 Å². The third-order valence-electron chi connectivity index (χ3n) is 3.44. The van der Waals surface area contributed by atoms with Crippen molar-refractivity contribution in [3.05, 3.63) is 21.9 Å². The molecule has 102 valence electrons. The highest BCUT2D eigenvalue weighted by Gasteiger charge is 2.21. The quantitative estimate of drug-likeness (QED) is 0.835. The molecule has 0 aromatic carbocycles. The third kappa shape index (κ3) is 3.59. The van der Waals surface area contributed by atoms with Crippen LogP contribution in [0.4, 0.5) is 0 Å². The Balaban J connectivity index is 1.83. The Morgan fingerprint density at radius 1 is 1.68 bits per heavy atom. The van der Waals surface area contributed by atoms with Gasteiger partial charge < -0.3 is 4.90 Å². The Morgan fingerprint density at radius 3 is 3.26 bits per heavy atom. The topological polar surface area (TPSA) is 32.3 Å². The zero-order valence-corrected chi connectivity index (χ0v) is 12.1. The van der Waals surface area contributed by atoms with E-state index in [0.717, 1.165) is 32.4 Å². The standard InChI is InChI=1S/C15H20N2OS/c1-3-5-13(4-2)16-10-15(18)17-8-6-14-12(11-17)7-9-19-14/h2,7,9,13,16H,3,5-6,8,10-11H2,1H3. The summed E-state index contributed by atoms with van der Waals surface area (Å²) < 4.78 is 0. The molecule has 1 atom stereocenters. The summed E-state index contributed by atoms with van der Waals surface area (Å²) in [5.41, 5.74) is 1.30. The average Bonchev–Trinajstić information content (AvgIpc) is 2.90. The van der Waals surface area contributed by atoms with Crippen LogP contribution in [0.25, 0.3) is 0 Å². The number of carbonyl (C=O) groups is 1. The Kier molecular flexibility index (Phi) is 5.00. The molecular formula is C15H20N2OS. The summed E-state index contributed by atoms with van der Waals surface area (Å²) in [6.45, 7) is 4.00. The number of rotatable bonds is 5. The van der Waals surface area contributed by atoms with Gasteiger partial charge in [0.05, 0.1) is 12.6 Å². The Bertz CT molecular complexity index is 475. The minimum absolute atomic E-state index is 0.00968. The second kappa shape index (κ2) is 6.74. The summed E-state index contributed by atoms with van der Waals surface area (Å²) >= 11 is 1.79. The Hall–Kier alpha value is -1.31. The summed E-state index contributed by atoms with van der Waals surface area (Å²) in [7, 11) is 0. The molecule has 1 aliphatic heterocycles. The van der Waals surface area contributed by atoms with E-state index in [9.17, 15) is 4.79 Å². The van der Waals surface area contributed by atoms with Gasteiger partial charge in [-0.05, 0) is 29.9 Å². The van der Waals surface area contributed by atoms with Crippen molar-refractivity contribution in [3.63, 3.8) is 0 Å². The molecule has 4 heteroatoms. The number of fused-ring (bicyclic) bond motifs is 1. The van der Waals surface area contributed by atoms with Gasteiger partial charge in [0.2, 0.25) is 5.91 Å². The zero-order chi connectivity index (χ0) is 13.7. The summed E-state index contributed by atoms with van der Waals surface area (Å²) in [5.74, 6) is 2.84. The summed E-state index contributed by atoms with van der Waals surface area (Å²) in [4.78, 5) is 15.5. The molecule has 1 N–H and O–H groups in total. The first-order valence-corrected chi connectivity index (χ1v) is 7.65. The van der Waals surface area contributed by atoms with Crippen LogP contribution < -0.4 is 5.32 Å². The summed E-state index contributed by atoms with van der Waals surface area (Å²) in [6.07, 6.45) is 8.36. The largest absolute Gasteiger partial charge is 0.337 e. The molecule has 0 spiro atoms. The molecule has 0 aliphatic carbocycles. The lowest BCUT2D eigenvalue weighted by atomic mass is 10.1. The van der Waals surface area contributed by atoms with Crippen molar-refractivity contribution in [3.8, 4) is 12.3 Å². The van der Waals surface area contributed by atoms with Crippen LogP contribution in [-0.2, 0) is 17.8 Å². The van der Waals surface area contributed by atoms with Crippen LogP contribution in [0.15, 0.2) is 11.4 Å². The highest BCUT2D eigenvalue weighted by molar-refractivity contribution is 7.10. The molecule has 0 radical (unpaired) electrons. The fourth-order valence-corrected chi connectivity index (χ4v) is 3.21. The first-order chi connectivity index (χ1) is 9.24. The van der Waals surface area contributed by atoms with Gasteiger partial charge in [-0.1, -0.05) is 19.3 Å². The highest BCUT2D eigenvalue weighted by atomic mass is 32.1. The fourth-order valence-electron chi connectivity index (χ4n) is 2.32. The maximum atomic E-state index is 12.2. The summed E-state index contributed by atoms with van der Waals surface area (Å²) in [6, 6.07) is 2.13. The van der Waals surface area contributed by atoms with E-state index in [1.165, 1.54) is 10.4 Å². The van der Waals surface area contributed by atoms with Gasteiger partial charge in [0.25, 0.3) is 0 Å². The predicted octanol–water partition coefficient (Wildman–Crippen LogP) is 2.02. The SMILES string of the molecule is C#CC(CCC)NCC(=O)N1CCc2sccc2C1. The molecule has 0 saturated carbocycles. The van der Waals surface area contributed by atoms with Crippen molar-refractivity contribution < 1.29 is 4.79 Å². The summed E-state index contributed by atoms with van der Waals surface area (Å²) in [5, 5.41) is 5.26. The highest BCUT2D eigenvalue weighted by Crippen LogP contribution is 2.23. The number of hydrogen-bond donors (Lipinski definition) is 1. The van der Waals surface area contributed by atoms with Gasteiger partial charge in [0, 0.05) is 18.0 Å². The van der Waals surface area contributed by atoms with Crippen molar-refractivity contribution in [2.75, 3.05) is 13.1 Å². The number of thiophene rings is 1. The van der Waals surface area contributed by atoms with E-state index in [-0.39, 0.29) is 11.9 Å². The van der Waals surface area contributed by atoms with Gasteiger partial charge in [-0.25, -0.2) is 0 Å². The lowest BCUT2D eigenvalue weighted by Crippen LogP contribution is -2.43. The lowest BCUT2D eigenvalue weighted by molar-refractivity contribution is -0.131. The van der Waals surface area contributed by atoms with Crippen molar-refractivity contribution in [1.29, 1.82) is 0 Å². The maximum absolute atomic E-state index is 12.2. The maximum Gasteiger partial charge on any atom is 0.236 e. The van der Waals surface area contributed by atoms with Gasteiger partial charge in [-0.3, -0.25) is 10.1 Å². The number of nitrogens with one attached hydrogen (secondary N) is 1. The van der Waals surface area contributed by atoms with E-state index in [1.54, 1.807) is 11.3 Å². The minimum atomic E-state index is 0.00968. The molecule has 3 nitrogen and oxygen atoms in total. The van der Waals surface area contributed by atoms with Crippen molar-refractivity contribution >= 4 is 17.2 Å². The number of hydrogen-bond acceptors (Lipinski definition) is 3. The van der Waals surface area contributed by atoms with Crippen LogP contribution >= 0.6 is 11.3 Å². The zero-order valence-electron chi connectivity index (χ0n) is 11.3. The molecule has 0 fully saturated rings. The molecular weight excluding hydrogens is 256 g/mol. The lowest BCUT2D eigenvalue weighted by Gasteiger charge is -2.27. The van der Waals surface area contributed by atoms with E-state index in [4.69, 9.17) is 6.42 Å². The van der Waals surface area contributed by atoms with Crippen LogP contribution in [0.3, 0.4) is 0 Å². The van der Waals surface area contributed by atoms with Crippen LogP contribution in [0.5, 0.6) is 0 Å². The second-order valence-electron chi connectivity index (χ2n) is 4.82. The van der Waals surface area contributed by atoms with Gasteiger partial charge in [0.15, 0.2) is 0 Å². The van der Waals surface area contributed by atoms with Crippen molar-refractivity contribution in [2.24, 2.45) is 0 Å². The third-order valence-corrected chi connectivity index (χ3v) is 4.46. The fraction of sp³-hybridized carbons (Fsp3) is 0.533. The van der Waals surface area contributed by atoms with Gasteiger partial charge in [-0.2, -0.15) is 0 Å². The number of amides is 1. The number of carbonyl (C=O) groups excluding carboxylic acids is 1. The van der Waals surface area contributed by atoms with Crippen LogP contribution in [0, 0.1) is 12.3 Å². The van der Waals surface area contributed by atoms with E-state index >= 15 is 0 Å². The molecule has 1 aromatic heterocycles. The second-order valence-corrected chi connectivity index (χ2v) is 5.82. The van der Waals surface area contributed by atoms with Crippen LogP contribution in [0.2, 0.25) is 0 Å². The van der Waals surface area contributed by atoms with E-state index in [2.05, 4.69) is 29.6 Å². The molecule has 1 aliphatic rings. The first-order valence-electron chi connectivity index (χ1n) is 6.77. The first kappa shape index (κ1) is 14.1. The minimum Gasteiger partial charge on any atom is -0.337 e. The smallest absolute Gasteiger partial charge is 0.236 e. The molecule has 1 unspecified atom stereocenters. The Morgan fingerprint density at radius 2 is 2.53 bits per heavy atom. The van der Waals surface area contributed by atoms with E-state index in [1.807, 2.05) is 4.90 Å². The normalized spacial score (nSPS) is 15.7. The monoisotopic (exact) mass is 276 g/mol. The van der Waals surface area contributed by atoms with E-state index in [0.29, 0.717) is 6.54 Å². The predicted molar refractivity (Wildman–Crippen MR) is 79.0 cm³/mol.